The quantitative estimate of drug-likeness (QED) is 0.618. The third kappa shape index (κ3) is 2.49. The summed E-state index contributed by atoms with van der Waals surface area (Å²) in [6.45, 7) is 7.50. The molecule has 0 bridgehead atoms. The molecule has 3 nitrogen and oxygen atoms in total. The molecular formula is C12H16BF2O3P. The molecule has 0 aliphatic carbocycles. The summed E-state index contributed by atoms with van der Waals surface area (Å²) in [6, 6.07) is 2.31. The summed E-state index contributed by atoms with van der Waals surface area (Å²) < 4.78 is 43.3. The van der Waals surface area contributed by atoms with Crippen LogP contribution in [0.15, 0.2) is 12.1 Å². The van der Waals surface area contributed by atoms with E-state index < -0.39 is 35.7 Å². The van der Waals surface area contributed by atoms with E-state index in [2.05, 4.69) is 4.52 Å². The highest BCUT2D eigenvalue weighted by Gasteiger charge is 2.52. The smallest absolute Gasteiger partial charge is 0.474 e. The van der Waals surface area contributed by atoms with Gasteiger partial charge in [0.1, 0.15) is 0 Å². The minimum atomic E-state index is -0.799. The average Bonchev–Trinajstić information content (AvgIpc) is 2.47. The summed E-state index contributed by atoms with van der Waals surface area (Å²) in [6.07, 6.45) is 0. The van der Waals surface area contributed by atoms with Crippen molar-refractivity contribution in [3.63, 3.8) is 0 Å². The van der Waals surface area contributed by atoms with Gasteiger partial charge in [0, 0.05) is 0 Å². The van der Waals surface area contributed by atoms with Crippen LogP contribution in [-0.2, 0) is 9.31 Å². The van der Waals surface area contributed by atoms with Crippen molar-refractivity contribution in [1.82, 2.24) is 0 Å². The van der Waals surface area contributed by atoms with Gasteiger partial charge in [-0.25, -0.2) is 8.78 Å². The Morgan fingerprint density at radius 1 is 1.05 bits per heavy atom. The van der Waals surface area contributed by atoms with E-state index in [1.807, 2.05) is 37.2 Å². The Hall–Kier alpha value is -0.705. The van der Waals surface area contributed by atoms with E-state index in [1.54, 1.807) is 0 Å². The summed E-state index contributed by atoms with van der Waals surface area (Å²) in [5.41, 5.74) is -0.819. The lowest BCUT2D eigenvalue weighted by Crippen LogP contribution is -2.41. The molecule has 1 fully saturated rings. The fraction of sp³-hybridized carbons (Fsp3) is 0.500. The molecule has 1 saturated heterocycles. The van der Waals surface area contributed by atoms with Crippen molar-refractivity contribution >= 4 is 22.0 Å². The number of halogens is 2. The van der Waals surface area contributed by atoms with Crippen molar-refractivity contribution in [1.29, 1.82) is 0 Å². The number of hydrogen-bond acceptors (Lipinski definition) is 3. The SMILES string of the molecule is CC1(C)OB(c2cc(F)c(OP)c(F)c2)OC1(C)C. The maximum Gasteiger partial charge on any atom is 0.495 e. The molecule has 1 heterocycles. The minimum absolute atomic E-state index is 0.291. The maximum atomic E-state index is 13.7. The molecule has 104 valence electrons. The summed E-state index contributed by atoms with van der Waals surface area (Å²) in [5.74, 6) is -2.02. The van der Waals surface area contributed by atoms with E-state index in [0.29, 0.717) is 5.46 Å². The van der Waals surface area contributed by atoms with Crippen LogP contribution in [0.2, 0.25) is 0 Å². The zero-order chi connectivity index (χ0) is 14.4. The van der Waals surface area contributed by atoms with Crippen LogP contribution in [0.5, 0.6) is 5.75 Å². The number of benzene rings is 1. The van der Waals surface area contributed by atoms with Crippen molar-refractivity contribution in [3.8, 4) is 5.75 Å². The van der Waals surface area contributed by atoms with Gasteiger partial charge < -0.3 is 13.8 Å². The van der Waals surface area contributed by atoms with E-state index >= 15 is 0 Å². The van der Waals surface area contributed by atoms with E-state index in [1.165, 1.54) is 0 Å². The van der Waals surface area contributed by atoms with E-state index in [0.717, 1.165) is 12.1 Å². The third-order valence-electron chi connectivity index (χ3n) is 3.66. The lowest BCUT2D eigenvalue weighted by molar-refractivity contribution is 0.00578. The molecule has 1 aromatic rings. The van der Waals surface area contributed by atoms with Gasteiger partial charge in [-0.15, -0.1) is 0 Å². The van der Waals surface area contributed by atoms with Crippen LogP contribution >= 0.6 is 9.47 Å². The molecule has 2 rings (SSSR count). The second-order valence-corrected chi connectivity index (χ2v) is 5.76. The molecule has 0 N–H and O–H groups in total. The Kier molecular flexibility index (Phi) is 3.63. The highest BCUT2D eigenvalue weighted by atomic mass is 31.0. The first-order chi connectivity index (χ1) is 8.68. The second-order valence-electron chi connectivity index (χ2n) is 5.52. The normalized spacial score (nSPS) is 20.7. The van der Waals surface area contributed by atoms with Crippen LogP contribution in [0, 0.1) is 11.6 Å². The van der Waals surface area contributed by atoms with Gasteiger partial charge in [-0.1, -0.05) is 0 Å². The van der Waals surface area contributed by atoms with Gasteiger partial charge in [-0.3, -0.25) is 0 Å². The van der Waals surface area contributed by atoms with Crippen molar-refractivity contribution in [2.45, 2.75) is 38.9 Å². The fourth-order valence-electron chi connectivity index (χ4n) is 1.81. The van der Waals surface area contributed by atoms with Crippen molar-refractivity contribution in [2.24, 2.45) is 0 Å². The van der Waals surface area contributed by atoms with Crippen molar-refractivity contribution < 1.29 is 22.6 Å². The largest absolute Gasteiger partial charge is 0.495 e. The molecule has 0 spiro atoms. The predicted molar refractivity (Wildman–Crippen MR) is 72.4 cm³/mol. The van der Waals surface area contributed by atoms with Crippen LogP contribution in [-0.4, -0.2) is 18.3 Å². The standard InChI is InChI=1S/C12H16BF2O3P/c1-11(2)12(3,4)18-13(17-11)7-5-8(14)10(16-19)9(15)6-7/h5-6H,19H2,1-4H3. The third-order valence-corrected chi connectivity index (χ3v) is 3.90. The Morgan fingerprint density at radius 2 is 1.47 bits per heavy atom. The van der Waals surface area contributed by atoms with Crippen molar-refractivity contribution in [3.05, 3.63) is 23.8 Å². The van der Waals surface area contributed by atoms with Gasteiger partial charge in [0.2, 0.25) is 0 Å². The molecule has 0 amide bonds. The summed E-state index contributed by atoms with van der Waals surface area (Å²) >= 11 is 0. The van der Waals surface area contributed by atoms with Gasteiger partial charge in [0.25, 0.3) is 0 Å². The molecule has 1 aliphatic rings. The van der Waals surface area contributed by atoms with Crippen LogP contribution in [0.25, 0.3) is 0 Å². The van der Waals surface area contributed by atoms with Gasteiger partial charge in [0.15, 0.2) is 17.4 Å². The highest BCUT2D eigenvalue weighted by molar-refractivity contribution is 7.10. The highest BCUT2D eigenvalue weighted by Crippen LogP contribution is 2.36. The maximum absolute atomic E-state index is 13.7. The molecule has 1 aliphatic heterocycles. The number of rotatable bonds is 2. The van der Waals surface area contributed by atoms with Crippen LogP contribution < -0.4 is 9.99 Å². The van der Waals surface area contributed by atoms with Gasteiger partial charge in [0.05, 0.1) is 20.7 Å². The Bertz CT molecular complexity index is 469. The molecule has 0 aromatic heterocycles. The molecule has 0 saturated carbocycles. The summed E-state index contributed by atoms with van der Waals surface area (Å²) in [4.78, 5) is 0. The monoisotopic (exact) mass is 288 g/mol. The summed E-state index contributed by atoms with van der Waals surface area (Å²) in [5, 5.41) is 0. The molecule has 7 heteroatoms. The Labute approximate surface area is 114 Å². The molecule has 1 unspecified atom stereocenters. The van der Waals surface area contributed by atoms with E-state index in [4.69, 9.17) is 9.31 Å². The zero-order valence-electron chi connectivity index (χ0n) is 11.3. The Balaban J connectivity index is 2.35. The second kappa shape index (κ2) is 4.69. The van der Waals surface area contributed by atoms with Crippen LogP contribution in [0.1, 0.15) is 27.7 Å². The number of hydrogen-bond donors (Lipinski definition) is 0. The first kappa shape index (κ1) is 14.7. The molecule has 1 atom stereocenters. The van der Waals surface area contributed by atoms with Gasteiger partial charge >= 0.3 is 7.12 Å². The lowest BCUT2D eigenvalue weighted by atomic mass is 9.79. The fourth-order valence-corrected chi connectivity index (χ4v) is 2.03. The predicted octanol–water partition coefficient (Wildman–Crippen LogP) is 2.43. The van der Waals surface area contributed by atoms with E-state index in [-0.39, 0.29) is 0 Å². The minimum Gasteiger partial charge on any atom is -0.474 e. The molecule has 1 aromatic carbocycles. The first-order valence-corrected chi connectivity index (χ1v) is 6.36. The molecule has 19 heavy (non-hydrogen) atoms. The van der Waals surface area contributed by atoms with Crippen LogP contribution in [0.3, 0.4) is 0 Å². The lowest BCUT2D eigenvalue weighted by Gasteiger charge is -2.32. The topological polar surface area (TPSA) is 27.7 Å². The van der Waals surface area contributed by atoms with E-state index in [9.17, 15) is 8.78 Å². The van der Waals surface area contributed by atoms with Gasteiger partial charge in [-0.2, -0.15) is 0 Å². The molecule has 0 radical (unpaired) electrons. The molecular weight excluding hydrogens is 272 g/mol. The summed E-state index contributed by atoms with van der Waals surface area (Å²) in [7, 11) is 1.02. The average molecular weight is 288 g/mol. The zero-order valence-corrected chi connectivity index (χ0v) is 12.4. The van der Waals surface area contributed by atoms with Crippen LogP contribution in [0.4, 0.5) is 8.78 Å². The van der Waals surface area contributed by atoms with Crippen molar-refractivity contribution in [2.75, 3.05) is 0 Å². The first-order valence-electron chi connectivity index (χ1n) is 5.89. The van der Waals surface area contributed by atoms with Gasteiger partial charge in [-0.05, 0) is 45.3 Å². The Morgan fingerprint density at radius 3 is 1.84 bits per heavy atom.